The molecule has 0 saturated carbocycles. The Morgan fingerprint density at radius 2 is 2.10 bits per heavy atom. The Hall–Kier alpha value is -1.61. The van der Waals surface area contributed by atoms with Crippen LogP contribution in [0.3, 0.4) is 0 Å². The smallest absolute Gasteiger partial charge is 0.262 e. The first-order valence-electron chi connectivity index (χ1n) is 6.92. The largest absolute Gasteiger partial charge is 0.381 e. The molecule has 1 aliphatic rings. The quantitative estimate of drug-likeness (QED) is 0.781. The van der Waals surface area contributed by atoms with E-state index in [0.29, 0.717) is 32.5 Å². The second kappa shape index (κ2) is 6.02. The molecule has 1 amide bonds. The number of aromatic nitrogens is 2. The van der Waals surface area contributed by atoms with Crippen LogP contribution in [-0.4, -0.2) is 47.8 Å². The summed E-state index contributed by atoms with van der Waals surface area (Å²) < 4.78 is 27.9. The van der Waals surface area contributed by atoms with E-state index in [4.69, 9.17) is 5.73 Å². The molecule has 1 fully saturated rings. The van der Waals surface area contributed by atoms with Crippen LogP contribution < -0.4 is 11.1 Å². The molecule has 2 heterocycles. The van der Waals surface area contributed by atoms with E-state index < -0.39 is 10.0 Å². The van der Waals surface area contributed by atoms with Gasteiger partial charge in [-0.1, -0.05) is 0 Å². The number of imidazole rings is 1. The summed E-state index contributed by atoms with van der Waals surface area (Å²) in [6.45, 7) is 3.08. The molecule has 1 aliphatic heterocycles. The summed E-state index contributed by atoms with van der Waals surface area (Å²) in [5, 5.41) is 2.79. The monoisotopic (exact) mass is 315 g/mol. The van der Waals surface area contributed by atoms with E-state index in [1.54, 1.807) is 7.05 Å². The van der Waals surface area contributed by atoms with Crippen LogP contribution in [0.25, 0.3) is 0 Å². The van der Waals surface area contributed by atoms with Crippen molar-refractivity contribution in [1.82, 2.24) is 19.2 Å². The van der Waals surface area contributed by atoms with Crippen LogP contribution in [0, 0.1) is 5.92 Å². The van der Waals surface area contributed by atoms with Crippen molar-refractivity contribution >= 4 is 21.7 Å². The van der Waals surface area contributed by atoms with Crippen molar-refractivity contribution < 1.29 is 13.2 Å². The van der Waals surface area contributed by atoms with Crippen molar-refractivity contribution in [3.8, 4) is 0 Å². The minimum Gasteiger partial charge on any atom is -0.381 e. The average Bonchev–Trinajstić information content (AvgIpc) is 2.79. The molecule has 0 bridgehead atoms. The van der Waals surface area contributed by atoms with Gasteiger partial charge in [-0.25, -0.2) is 13.4 Å². The van der Waals surface area contributed by atoms with Crippen LogP contribution in [0.1, 0.15) is 19.8 Å². The number of piperidine rings is 1. The number of rotatable bonds is 4. The predicted molar refractivity (Wildman–Crippen MR) is 77.8 cm³/mol. The van der Waals surface area contributed by atoms with Crippen molar-refractivity contribution in [3.05, 3.63) is 6.33 Å². The molecule has 8 nitrogen and oxygen atoms in total. The summed E-state index contributed by atoms with van der Waals surface area (Å²) in [5.74, 6) is -0.127. The second-order valence-electron chi connectivity index (χ2n) is 5.12. The fraction of sp³-hybridized carbons (Fsp3) is 0.667. The van der Waals surface area contributed by atoms with Gasteiger partial charge in [0.25, 0.3) is 10.0 Å². The first-order chi connectivity index (χ1) is 9.87. The van der Waals surface area contributed by atoms with E-state index in [1.807, 2.05) is 6.92 Å². The van der Waals surface area contributed by atoms with Gasteiger partial charge < -0.3 is 15.6 Å². The molecular weight excluding hydrogens is 294 g/mol. The molecule has 0 unspecified atom stereocenters. The van der Waals surface area contributed by atoms with Gasteiger partial charge in [0.05, 0.1) is 6.33 Å². The highest BCUT2D eigenvalue weighted by Crippen LogP contribution is 2.26. The lowest BCUT2D eigenvalue weighted by molar-refractivity contribution is -0.126. The third-order valence-corrected chi connectivity index (χ3v) is 5.70. The van der Waals surface area contributed by atoms with Crippen molar-refractivity contribution in [2.24, 2.45) is 13.0 Å². The van der Waals surface area contributed by atoms with Crippen LogP contribution in [0.2, 0.25) is 0 Å². The zero-order chi connectivity index (χ0) is 15.6. The normalized spacial score (nSPS) is 17.8. The van der Waals surface area contributed by atoms with Crippen molar-refractivity contribution in [2.45, 2.75) is 24.8 Å². The number of anilines is 1. The van der Waals surface area contributed by atoms with Gasteiger partial charge in [0.2, 0.25) is 5.91 Å². The molecule has 0 aliphatic carbocycles. The number of nitrogens with zero attached hydrogens (tertiary/aromatic N) is 3. The van der Waals surface area contributed by atoms with E-state index in [0.717, 1.165) is 0 Å². The fourth-order valence-electron chi connectivity index (χ4n) is 2.55. The SMILES string of the molecule is CCNC(=O)C1CCN(S(=O)(=O)c2c(N)ncn2C)CC1. The van der Waals surface area contributed by atoms with Gasteiger partial charge >= 0.3 is 0 Å². The van der Waals surface area contributed by atoms with E-state index in [-0.39, 0.29) is 22.7 Å². The molecular formula is C12H21N5O3S. The summed E-state index contributed by atoms with van der Waals surface area (Å²) in [6.07, 6.45) is 2.41. The maximum Gasteiger partial charge on any atom is 0.262 e. The number of nitrogens with two attached hydrogens (primary N) is 1. The minimum absolute atomic E-state index is 0.00310. The van der Waals surface area contributed by atoms with Gasteiger partial charge in [-0.15, -0.1) is 0 Å². The minimum atomic E-state index is -3.66. The van der Waals surface area contributed by atoms with E-state index >= 15 is 0 Å². The summed E-state index contributed by atoms with van der Waals surface area (Å²) in [7, 11) is -2.07. The molecule has 0 atom stereocenters. The predicted octanol–water partition coefficient (Wildman–Crippen LogP) is -0.461. The van der Waals surface area contributed by atoms with Crippen molar-refractivity contribution in [1.29, 1.82) is 0 Å². The Morgan fingerprint density at radius 1 is 1.48 bits per heavy atom. The summed E-state index contributed by atoms with van der Waals surface area (Å²) in [5.41, 5.74) is 5.65. The third-order valence-electron chi connectivity index (χ3n) is 3.67. The van der Waals surface area contributed by atoms with Crippen molar-refractivity contribution in [3.63, 3.8) is 0 Å². The lowest BCUT2D eigenvalue weighted by Gasteiger charge is -2.30. The molecule has 0 spiro atoms. The van der Waals surface area contributed by atoms with Gasteiger partial charge in [0, 0.05) is 32.6 Å². The molecule has 118 valence electrons. The molecule has 1 saturated heterocycles. The Balaban J connectivity index is 2.10. The van der Waals surface area contributed by atoms with Crippen molar-refractivity contribution in [2.75, 3.05) is 25.4 Å². The molecule has 2 rings (SSSR count). The first kappa shape index (κ1) is 15.8. The number of amides is 1. The molecule has 9 heteroatoms. The Bertz CT molecular complexity index is 597. The number of nitrogen functional groups attached to an aromatic ring is 1. The molecule has 1 aromatic heterocycles. The number of carbonyl (C=O) groups is 1. The zero-order valence-electron chi connectivity index (χ0n) is 12.2. The lowest BCUT2D eigenvalue weighted by atomic mass is 9.97. The summed E-state index contributed by atoms with van der Waals surface area (Å²) in [4.78, 5) is 15.6. The first-order valence-corrected chi connectivity index (χ1v) is 8.36. The maximum absolute atomic E-state index is 12.6. The highest BCUT2D eigenvalue weighted by Gasteiger charge is 2.34. The van der Waals surface area contributed by atoms with Crippen LogP contribution in [-0.2, 0) is 21.9 Å². The Kier molecular flexibility index (Phi) is 4.52. The highest BCUT2D eigenvalue weighted by molar-refractivity contribution is 7.89. The van der Waals surface area contributed by atoms with Crippen LogP contribution >= 0.6 is 0 Å². The average molecular weight is 315 g/mol. The van der Waals surface area contributed by atoms with Crippen LogP contribution in [0.15, 0.2) is 11.4 Å². The summed E-state index contributed by atoms with van der Waals surface area (Å²) >= 11 is 0. The van der Waals surface area contributed by atoms with E-state index in [1.165, 1.54) is 15.2 Å². The Morgan fingerprint density at radius 3 is 2.57 bits per heavy atom. The number of hydrogen-bond donors (Lipinski definition) is 2. The number of hydrogen-bond acceptors (Lipinski definition) is 5. The van der Waals surface area contributed by atoms with Gasteiger partial charge in [0.1, 0.15) is 0 Å². The molecule has 0 radical (unpaired) electrons. The molecule has 1 aromatic rings. The number of aryl methyl sites for hydroxylation is 1. The van der Waals surface area contributed by atoms with Gasteiger partial charge in [-0.3, -0.25) is 4.79 Å². The second-order valence-corrected chi connectivity index (χ2v) is 6.97. The van der Waals surface area contributed by atoms with E-state index in [9.17, 15) is 13.2 Å². The van der Waals surface area contributed by atoms with Gasteiger partial charge in [0.15, 0.2) is 10.8 Å². The number of nitrogens with one attached hydrogen (secondary N) is 1. The molecule has 3 N–H and O–H groups in total. The highest BCUT2D eigenvalue weighted by atomic mass is 32.2. The number of carbonyl (C=O) groups excluding carboxylic acids is 1. The van der Waals surface area contributed by atoms with E-state index in [2.05, 4.69) is 10.3 Å². The standard InChI is InChI=1S/C12H21N5O3S/c1-3-14-11(18)9-4-6-17(7-5-9)21(19,20)12-10(13)15-8-16(12)2/h8-9H,3-7,13H2,1-2H3,(H,14,18). The zero-order valence-corrected chi connectivity index (χ0v) is 13.1. The van der Waals surface area contributed by atoms with Crippen LogP contribution in [0.4, 0.5) is 5.82 Å². The molecule has 21 heavy (non-hydrogen) atoms. The molecule has 0 aromatic carbocycles. The van der Waals surface area contributed by atoms with Crippen LogP contribution in [0.5, 0.6) is 0 Å². The third kappa shape index (κ3) is 3.03. The maximum atomic E-state index is 12.6. The number of sulfonamides is 1. The summed E-state index contributed by atoms with van der Waals surface area (Å²) in [6, 6.07) is 0. The van der Waals surface area contributed by atoms with Gasteiger partial charge in [-0.2, -0.15) is 4.31 Å². The van der Waals surface area contributed by atoms with Gasteiger partial charge in [-0.05, 0) is 19.8 Å². The lowest BCUT2D eigenvalue weighted by Crippen LogP contribution is -2.43. The Labute approximate surface area is 124 Å². The topological polar surface area (TPSA) is 110 Å². The fourth-order valence-corrected chi connectivity index (χ4v) is 4.21.